The fourth-order valence-corrected chi connectivity index (χ4v) is 1.61. The highest BCUT2D eigenvalue weighted by Crippen LogP contribution is 1.93. The minimum Gasteiger partial charge on any atom is -0.272 e. The molecule has 0 radical (unpaired) electrons. The molecule has 0 aromatic heterocycles. The average Bonchev–Trinajstić information content (AvgIpc) is 2.37. The van der Waals surface area contributed by atoms with Gasteiger partial charge in [0.05, 0.1) is 12.8 Å². The molecule has 0 bridgehead atoms. The number of carbonyl (C=O) groups is 1. The molecule has 1 amide bonds. The Hall–Kier alpha value is -1.77. The Balaban J connectivity index is 2.39. The molecular weight excluding hydrogens is 268 g/mol. The third kappa shape index (κ3) is 5.60. The summed E-state index contributed by atoms with van der Waals surface area (Å²) < 4.78 is 25.8. The number of hydrogen-bond donors (Lipinski definition) is 2. The Kier molecular flexibility index (Phi) is 5.61. The summed E-state index contributed by atoms with van der Waals surface area (Å²) in [6.07, 6.45) is 1.47. The van der Waals surface area contributed by atoms with E-state index in [2.05, 4.69) is 15.2 Å². The van der Waals surface area contributed by atoms with Crippen LogP contribution in [0.25, 0.3) is 0 Å². The van der Waals surface area contributed by atoms with Gasteiger partial charge in [-0.3, -0.25) is 4.79 Å². The minimum atomic E-state index is -3.60. The molecule has 0 saturated carbocycles. The molecule has 19 heavy (non-hydrogen) atoms. The zero-order valence-electron chi connectivity index (χ0n) is 10.7. The maximum absolute atomic E-state index is 11.3. The number of nitrogens with zero attached hydrogens (tertiary/aromatic N) is 2. The summed E-state index contributed by atoms with van der Waals surface area (Å²) in [6.45, 7) is -0.368. The number of nitrogens with one attached hydrogen (secondary N) is 2. The number of hydrogen-bond acceptors (Lipinski definition) is 4. The summed E-state index contributed by atoms with van der Waals surface area (Å²) in [7, 11) is -0.862. The van der Waals surface area contributed by atoms with Crippen molar-refractivity contribution in [2.75, 3.05) is 20.6 Å². The van der Waals surface area contributed by atoms with Crippen LogP contribution in [0.15, 0.2) is 35.4 Å². The Labute approximate surface area is 112 Å². The molecule has 0 fully saturated rings. The second-order valence-corrected chi connectivity index (χ2v) is 5.78. The lowest BCUT2D eigenvalue weighted by Crippen LogP contribution is -2.41. The maximum atomic E-state index is 11.3. The van der Waals surface area contributed by atoms with Crippen LogP contribution in [0, 0.1) is 0 Å². The maximum Gasteiger partial charge on any atom is 0.279 e. The quantitative estimate of drug-likeness (QED) is 0.546. The van der Waals surface area contributed by atoms with Crippen LogP contribution in [0.3, 0.4) is 0 Å². The van der Waals surface area contributed by atoms with Gasteiger partial charge in [0.2, 0.25) is 0 Å². The largest absolute Gasteiger partial charge is 0.279 e. The van der Waals surface area contributed by atoms with Crippen molar-refractivity contribution in [2.24, 2.45) is 5.10 Å². The SMILES string of the molecule is CN(C)S(=O)(=O)NCC(=O)N/N=C\c1ccccc1. The van der Waals surface area contributed by atoms with Gasteiger partial charge in [0.1, 0.15) is 0 Å². The van der Waals surface area contributed by atoms with Crippen molar-refractivity contribution in [3.8, 4) is 0 Å². The Morgan fingerprint density at radius 2 is 1.95 bits per heavy atom. The predicted molar refractivity (Wildman–Crippen MR) is 72.8 cm³/mol. The van der Waals surface area contributed by atoms with Crippen molar-refractivity contribution in [2.45, 2.75) is 0 Å². The van der Waals surface area contributed by atoms with Crippen molar-refractivity contribution >= 4 is 22.3 Å². The van der Waals surface area contributed by atoms with E-state index >= 15 is 0 Å². The highest BCUT2D eigenvalue weighted by atomic mass is 32.2. The van der Waals surface area contributed by atoms with Crippen molar-refractivity contribution in [1.29, 1.82) is 0 Å². The van der Waals surface area contributed by atoms with Crippen LogP contribution < -0.4 is 10.1 Å². The number of rotatable bonds is 6. The second kappa shape index (κ2) is 6.98. The second-order valence-electron chi connectivity index (χ2n) is 3.81. The van der Waals surface area contributed by atoms with Crippen LogP contribution >= 0.6 is 0 Å². The van der Waals surface area contributed by atoms with Crippen LogP contribution in [0.2, 0.25) is 0 Å². The van der Waals surface area contributed by atoms with E-state index in [0.29, 0.717) is 0 Å². The van der Waals surface area contributed by atoms with Gasteiger partial charge in [0, 0.05) is 14.1 Å². The number of amides is 1. The van der Waals surface area contributed by atoms with Gasteiger partial charge in [-0.05, 0) is 5.56 Å². The van der Waals surface area contributed by atoms with Gasteiger partial charge < -0.3 is 0 Å². The van der Waals surface area contributed by atoms with E-state index in [1.807, 2.05) is 30.3 Å². The zero-order valence-corrected chi connectivity index (χ0v) is 11.5. The Bertz CT molecular complexity index is 540. The van der Waals surface area contributed by atoms with Crippen LogP contribution in [0.5, 0.6) is 0 Å². The van der Waals surface area contributed by atoms with Crippen LogP contribution in [0.1, 0.15) is 5.56 Å². The molecule has 1 aromatic rings. The highest BCUT2D eigenvalue weighted by Gasteiger charge is 2.13. The van der Waals surface area contributed by atoms with E-state index < -0.39 is 16.1 Å². The molecule has 1 aromatic carbocycles. The van der Waals surface area contributed by atoms with Crippen molar-refractivity contribution in [3.05, 3.63) is 35.9 Å². The standard InChI is InChI=1S/C11H16N4O3S/c1-15(2)19(17,18)13-9-11(16)14-12-8-10-6-4-3-5-7-10/h3-8,13H,9H2,1-2H3,(H,14,16)/b12-8-. The van der Waals surface area contributed by atoms with Crippen LogP contribution in [-0.2, 0) is 15.0 Å². The molecular formula is C11H16N4O3S. The molecule has 0 spiro atoms. The van der Waals surface area contributed by atoms with E-state index in [1.165, 1.54) is 20.3 Å². The normalized spacial score (nSPS) is 11.9. The molecule has 0 unspecified atom stereocenters. The number of benzene rings is 1. The van der Waals surface area contributed by atoms with Gasteiger partial charge in [0.25, 0.3) is 16.1 Å². The van der Waals surface area contributed by atoms with Crippen LogP contribution in [0.4, 0.5) is 0 Å². The van der Waals surface area contributed by atoms with Crippen molar-refractivity contribution < 1.29 is 13.2 Å². The molecule has 0 aliphatic carbocycles. The molecule has 0 atom stereocenters. The molecule has 0 saturated heterocycles. The van der Waals surface area contributed by atoms with Gasteiger partial charge in [0.15, 0.2) is 0 Å². The first-order valence-electron chi connectivity index (χ1n) is 5.46. The zero-order chi connectivity index (χ0) is 14.3. The summed E-state index contributed by atoms with van der Waals surface area (Å²) in [5, 5.41) is 3.71. The van der Waals surface area contributed by atoms with E-state index in [9.17, 15) is 13.2 Å². The van der Waals surface area contributed by atoms with Gasteiger partial charge in [-0.1, -0.05) is 30.3 Å². The first kappa shape index (κ1) is 15.3. The fourth-order valence-electron chi connectivity index (χ4n) is 1.04. The Morgan fingerprint density at radius 3 is 2.53 bits per heavy atom. The molecule has 8 heteroatoms. The number of hydrazone groups is 1. The lowest BCUT2D eigenvalue weighted by Gasteiger charge is -2.11. The molecule has 2 N–H and O–H groups in total. The minimum absolute atomic E-state index is 0.368. The number of carbonyl (C=O) groups excluding carboxylic acids is 1. The molecule has 0 aliphatic rings. The molecule has 1 rings (SSSR count). The highest BCUT2D eigenvalue weighted by molar-refractivity contribution is 7.87. The lowest BCUT2D eigenvalue weighted by molar-refractivity contribution is -0.119. The summed E-state index contributed by atoms with van der Waals surface area (Å²) >= 11 is 0. The van der Waals surface area contributed by atoms with Crippen LogP contribution in [-0.4, -0.2) is 45.5 Å². The molecule has 7 nitrogen and oxygen atoms in total. The van der Waals surface area contributed by atoms with Crippen molar-refractivity contribution in [3.63, 3.8) is 0 Å². The first-order chi connectivity index (χ1) is 8.92. The van der Waals surface area contributed by atoms with Crippen molar-refractivity contribution in [1.82, 2.24) is 14.5 Å². The fraction of sp³-hybridized carbons (Fsp3) is 0.273. The van der Waals surface area contributed by atoms with E-state index in [1.54, 1.807) is 0 Å². The third-order valence-electron chi connectivity index (χ3n) is 2.10. The molecule has 0 aliphatic heterocycles. The van der Waals surface area contributed by atoms with E-state index in [-0.39, 0.29) is 6.54 Å². The topological polar surface area (TPSA) is 90.9 Å². The lowest BCUT2D eigenvalue weighted by atomic mass is 10.2. The summed E-state index contributed by atoms with van der Waals surface area (Å²) in [5.41, 5.74) is 3.06. The van der Waals surface area contributed by atoms with Gasteiger partial charge in [-0.2, -0.15) is 22.5 Å². The monoisotopic (exact) mass is 284 g/mol. The molecule has 104 valence electrons. The summed E-state index contributed by atoms with van der Waals surface area (Å²) in [4.78, 5) is 11.3. The third-order valence-corrected chi connectivity index (χ3v) is 3.57. The Morgan fingerprint density at radius 1 is 1.32 bits per heavy atom. The van der Waals surface area contributed by atoms with Gasteiger partial charge in [-0.15, -0.1) is 0 Å². The van der Waals surface area contributed by atoms with Gasteiger partial charge in [-0.25, -0.2) is 5.43 Å². The van der Waals surface area contributed by atoms with E-state index in [4.69, 9.17) is 0 Å². The smallest absolute Gasteiger partial charge is 0.272 e. The van der Waals surface area contributed by atoms with E-state index in [0.717, 1.165) is 9.87 Å². The summed E-state index contributed by atoms with van der Waals surface area (Å²) in [5.74, 6) is -0.544. The van der Waals surface area contributed by atoms with Gasteiger partial charge >= 0.3 is 0 Å². The predicted octanol–water partition coefficient (Wildman–Crippen LogP) is -0.467. The first-order valence-corrected chi connectivity index (χ1v) is 6.90. The molecule has 0 heterocycles. The summed E-state index contributed by atoms with van der Waals surface area (Å²) in [6, 6.07) is 9.20. The average molecular weight is 284 g/mol.